The Morgan fingerprint density at radius 2 is 1.48 bits per heavy atom. The number of amides is 2. The van der Waals surface area contributed by atoms with E-state index < -0.39 is 12.0 Å². The molecule has 4 fully saturated rings. The monoisotopic (exact) mass is 593 g/mol. The highest BCUT2D eigenvalue weighted by Gasteiger charge is 2.53. The number of fused-ring (bicyclic) bond motifs is 2. The predicted octanol–water partition coefficient (Wildman–Crippen LogP) is 6.13. The van der Waals surface area contributed by atoms with Gasteiger partial charge in [0.25, 0.3) is 0 Å². The molecule has 7 nitrogen and oxygen atoms in total. The molecule has 0 radical (unpaired) electrons. The fraction of sp³-hybridized carbons (Fsp3) is 0.486. The molecule has 2 amide bonds. The minimum Gasteiger partial charge on any atom is -0.496 e. The smallest absolute Gasteiger partial charge is 0.240 e. The molecule has 5 aliphatic rings. The van der Waals surface area contributed by atoms with Gasteiger partial charge in [-0.2, -0.15) is 0 Å². The number of rotatable bonds is 9. The minimum absolute atomic E-state index is 0.0708. The van der Waals surface area contributed by atoms with Crippen molar-refractivity contribution in [2.75, 3.05) is 30.5 Å². The van der Waals surface area contributed by atoms with Gasteiger partial charge >= 0.3 is 0 Å². The first-order valence-corrected chi connectivity index (χ1v) is 16.3. The first kappa shape index (κ1) is 29.0. The van der Waals surface area contributed by atoms with E-state index in [-0.39, 0.29) is 36.0 Å². The van der Waals surface area contributed by atoms with E-state index >= 15 is 0 Å². The normalized spacial score (nSPS) is 28.2. The topological polar surface area (TPSA) is 79.0 Å². The number of ether oxygens (including phenoxy) is 1. The third-order valence-electron chi connectivity index (χ3n) is 11.1. The quantitative estimate of drug-likeness (QED) is 0.302. The molecule has 8 rings (SSSR count). The van der Waals surface area contributed by atoms with E-state index in [0.29, 0.717) is 18.0 Å². The number of Topliss-reactive ketones (excluding diaryl/α,β-unsaturated/α-hetero) is 1. The Bertz CT molecular complexity index is 1580. The van der Waals surface area contributed by atoms with Gasteiger partial charge in [-0.05, 0) is 105 Å². The molecular formula is C37H43N3O4. The van der Waals surface area contributed by atoms with Crippen LogP contribution in [0.1, 0.15) is 57.4 Å². The second-order valence-electron chi connectivity index (χ2n) is 14.0. The minimum atomic E-state index is -1.10. The zero-order valence-electron chi connectivity index (χ0n) is 26.1. The lowest BCUT2D eigenvalue weighted by Gasteiger charge is -2.57. The van der Waals surface area contributed by atoms with Crippen LogP contribution in [0, 0.1) is 29.1 Å². The number of ketones is 1. The highest BCUT2D eigenvalue weighted by Crippen LogP contribution is 2.60. The van der Waals surface area contributed by atoms with Crippen LogP contribution < -0.4 is 19.9 Å². The molecule has 0 aromatic heterocycles. The van der Waals surface area contributed by atoms with Gasteiger partial charge < -0.3 is 19.9 Å². The van der Waals surface area contributed by atoms with Crippen LogP contribution in [-0.2, 0) is 20.9 Å². The zero-order chi connectivity index (χ0) is 30.6. The van der Waals surface area contributed by atoms with Gasteiger partial charge in [0, 0.05) is 18.5 Å². The maximum absolute atomic E-state index is 14.7. The van der Waals surface area contributed by atoms with Crippen LogP contribution in [0.25, 0.3) is 10.8 Å². The second-order valence-corrected chi connectivity index (χ2v) is 14.0. The van der Waals surface area contributed by atoms with Crippen molar-refractivity contribution < 1.29 is 19.1 Å². The Morgan fingerprint density at radius 1 is 0.886 bits per heavy atom. The van der Waals surface area contributed by atoms with E-state index in [0.717, 1.165) is 59.0 Å². The van der Waals surface area contributed by atoms with Gasteiger partial charge in [-0.25, -0.2) is 0 Å². The number of anilines is 2. The molecule has 0 spiro atoms. The average Bonchev–Trinajstić information content (AvgIpc) is 3.09. The van der Waals surface area contributed by atoms with Crippen LogP contribution in [0.3, 0.4) is 0 Å². The van der Waals surface area contributed by atoms with Crippen molar-refractivity contribution in [3.63, 3.8) is 0 Å². The Hall–Kier alpha value is -3.71. The summed E-state index contributed by atoms with van der Waals surface area (Å²) in [6.45, 7) is 2.62. The van der Waals surface area contributed by atoms with E-state index in [4.69, 9.17) is 4.74 Å². The predicted molar refractivity (Wildman–Crippen MR) is 173 cm³/mol. The molecule has 4 saturated carbocycles. The lowest BCUT2D eigenvalue weighted by atomic mass is 9.49. The molecule has 1 N–H and O–H groups in total. The molecule has 4 aliphatic carbocycles. The van der Waals surface area contributed by atoms with E-state index in [9.17, 15) is 14.4 Å². The van der Waals surface area contributed by atoms with Gasteiger partial charge in [0.1, 0.15) is 11.7 Å². The summed E-state index contributed by atoms with van der Waals surface area (Å²) in [4.78, 5) is 46.4. The summed E-state index contributed by atoms with van der Waals surface area (Å²) in [6.07, 6.45) is 7.28. The average molecular weight is 594 g/mol. The van der Waals surface area contributed by atoms with Gasteiger partial charge in [0.05, 0.1) is 31.1 Å². The van der Waals surface area contributed by atoms with Gasteiger partial charge in [-0.3, -0.25) is 14.4 Å². The van der Waals surface area contributed by atoms with E-state index in [2.05, 4.69) is 5.32 Å². The number of benzene rings is 3. The first-order valence-electron chi connectivity index (χ1n) is 16.3. The van der Waals surface area contributed by atoms with E-state index in [1.807, 2.05) is 65.6 Å². The highest BCUT2D eigenvalue weighted by atomic mass is 16.5. The largest absolute Gasteiger partial charge is 0.496 e. The van der Waals surface area contributed by atoms with Gasteiger partial charge in [-0.15, -0.1) is 0 Å². The number of carbonyl (C=O) groups excluding carboxylic acids is 3. The van der Waals surface area contributed by atoms with E-state index in [1.165, 1.54) is 19.3 Å². The lowest BCUT2D eigenvalue weighted by molar-refractivity contribution is -0.136. The Labute approximate surface area is 259 Å². The van der Waals surface area contributed by atoms with Crippen molar-refractivity contribution in [2.24, 2.45) is 29.1 Å². The standard InChI is InChI=1S/C37H43N3O4/c1-23(38-2)33(41)17-29-35(42)39(21-30-28-9-5-4-8-27(28)12-13-34(30)44-3)31-10-6-7-11-32(31)40(36(29)43)22-37-18-24-14-25(19-37)16-26(15-24)20-37/h4-13,23-26,29,38H,14-22H2,1-3H3/t23-,24?,25?,26?,29?,37?/m0/s1. The molecule has 3 aromatic carbocycles. The zero-order valence-corrected chi connectivity index (χ0v) is 26.1. The van der Waals surface area contributed by atoms with Crippen LogP contribution in [-0.4, -0.2) is 44.3 Å². The first-order chi connectivity index (χ1) is 21.3. The maximum atomic E-state index is 14.7. The fourth-order valence-electron chi connectivity index (χ4n) is 9.33. The molecule has 1 aliphatic heterocycles. The molecule has 3 aromatic rings. The molecule has 7 heteroatoms. The van der Waals surface area contributed by atoms with Gasteiger partial charge in [0.2, 0.25) is 11.8 Å². The van der Waals surface area contributed by atoms with Crippen LogP contribution in [0.2, 0.25) is 0 Å². The molecule has 4 bridgehead atoms. The van der Waals surface area contributed by atoms with E-state index in [1.54, 1.807) is 26.0 Å². The van der Waals surface area contributed by atoms with Crippen molar-refractivity contribution in [2.45, 2.75) is 64.5 Å². The molecule has 2 atom stereocenters. The molecule has 0 saturated heterocycles. The molecular weight excluding hydrogens is 550 g/mol. The summed E-state index contributed by atoms with van der Waals surface area (Å²) in [5.41, 5.74) is 2.42. The van der Waals surface area contributed by atoms with Crippen molar-refractivity contribution in [3.05, 3.63) is 66.2 Å². The lowest BCUT2D eigenvalue weighted by Crippen LogP contribution is -2.53. The third kappa shape index (κ3) is 4.99. The van der Waals surface area contributed by atoms with Crippen molar-refractivity contribution >= 4 is 39.7 Å². The number of para-hydroxylation sites is 2. The molecule has 230 valence electrons. The molecule has 44 heavy (non-hydrogen) atoms. The second kappa shape index (κ2) is 11.3. The summed E-state index contributed by atoms with van der Waals surface area (Å²) in [6, 6.07) is 19.4. The fourth-order valence-corrected chi connectivity index (χ4v) is 9.33. The highest BCUT2D eigenvalue weighted by molar-refractivity contribution is 6.19. The summed E-state index contributed by atoms with van der Waals surface area (Å²) in [7, 11) is 3.37. The maximum Gasteiger partial charge on any atom is 0.240 e. The third-order valence-corrected chi connectivity index (χ3v) is 11.1. The van der Waals surface area contributed by atoms with Crippen molar-refractivity contribution in [1.82, 2.24) is 5.32 Å². The number of nitrogens with zero attached hydrogens (tertiary/aromatic N) is 2. The van der Waals surface area contributed by atoms with Crippen LogP contribution in [0.5, 0.6) is 5.75 Å². The number of carbonyl (C=O) groups is 3. The van der Waals surface area contributed by atoms with Crippen LogP contribution in [0.4, 0.5) is 11.4 Å². The summed E-state index contributed by atoms with van der Waals surface area (Å²) < 4.78 is 5.81. The number of likely N-dealkylation sites (N-methyl/N-ethyl adjacent to an activating group) is 1. The van der Waals surface area contributed by atoms with Gasteiger partial charge in [-0.1, -0.05) is 42.5 Å². The Morgan fingerprint density at radius 3 is 2.11 bits per heavy atom. The van der Waals surface area contributed by atoms with Crippen molar-refractivity contribution in [3.8, 4) is 5.75 Å². The number of methoxy groups -OCH3 is 1. The van der Waals surface area contributed by atoms with Crippen LogP contribution >= 0.6 is 0 Å². The number of hydrogen-bond donors (Lipinski definition) is 1. The SMILES string of the molecule is CN[C@@H](C)C(=O)CC1C(=O)N(Cc2c(OC)ccc3ccccc23)c2ccccc2N(CC23CC4CC(CC(C4)C2)C3)C1=O. The van der Waals surface area contributed by atoms with Crippen molar-refractivity contribution in [1.29, 1.82) is 0 Å². The molecule has 1 heterocycles. The summed E-state index contributed by atoms with van der Waals surface area (Å²) in [5.74, 6) is 1.09. The summed E-state index contributed by atoms with van der Waals surface area (Å²) >= 11 is 0. The Balaban J connectivity index is 1.33. The van der Waals surface area contributed by atoms with Gasteiger partial charge in [0.15, 0.2) is 5.78 Å². The molecule has 1 unspecified atom stereocenters. The summed E-state index contributed by atoms with van der Waals surface area (Å²) in [5, 5.41) is 5.05. The number of nitrogens with one attached hydrogen (secondary N) is 1. The number of hydrogen-bond acceptors (Lipinski definition) is 5. The Kier molecular flexibility index (Phi) is 7.48. The van der Waals surface area contributed by atoms with Crippen LogP contribution in [0.15, 0.2) is 60.7 Å².